The third-order valence-corrected chi connectivity index (χ3v) is 4.71. The van der Waals surface area contributed by atoms with Crippen LogP contribution in [-0.4, -0.2) is 36.9 Å². The van der Waals surface area contributed by atoms with Crippen LogP contribution in [0.3, 0.4) is 0 Å². The van der Waals surface area contributed by atoms with E-state index >= 15 is 0 Å². The van der Waals surface area contributed by atoms with Crippen LogP contribution in [0.25, 0.3) is 0 Å². The number of rotatable bonds is 7. The largest absolute Gasteiger partial charge is 0.494 e. The van der Waals surface area contributed by atoms with E-state index in [0.29, 0.717) is 0 Å². The van der Waals surface area contributed by atoms with Crippen molar-refractivity contribution in [3.05, 3.63) is 36.1 Å². The smallest absolute Gasteiger partial charge is 0.262 e. The third-order valence-electron chi connectivity index (χ3n) is 3.35. The van der Waals surface area contributed by atoms with Gasteiger partial charge in [0, 0.05) is 18.2 Å². The van der Waals surface area contributed by atoms with Gasteiger partial charge in [-0.05, 0) is 12.1 Å². The van der Waals surface area contributed by atoms with Crippen LogP contribution in [0, 0.1) is 5.82 Å². The standard InChI is InChI=1S/C16H18FNO6S/c1-21-13-7-10(5-6-12(13)17)18-25(19,20)11-8-14(22-2)16(24-4)15(9-11)23-3/h5-9,18H,1-4H3. The number of benzene rings is 2. The lowest BCUT2D eigenvalue weighted by Gasteiger charge is -2.15. The van der Waals surface area contributed by atoms with E-state index in [0.717, 1.165) is 6.07 Å². The zero-order chi connectivity index (χ0) is 18.6. The molecule has 136 valence electrons. The van der Waals surface area contributed by atoms with Crippen molar-refractivity contribution in [2.75, 3.05) is 33.2 Å². The summed E-state index contributed by atoms with van der Waals surface area (Å²) in [6.07, 6.45) is 0. The second-order valence-corrected chi connectivity index (χ2v) is 6.50. The molecule has 25 heavy (non-hydrogen) atoms. The van der Waals surface area contributed by atoms with Crippen molar-refractivity contribution in [3.63, 3.8) is 0 Å². The van der Waals surface area contributed by atoms with Gasteiger partial charge in [0.15, 0.2) is 23.1 Å². The van der Waals surface area contributed by atoms with Crippen LogP contribution in [0.1, 0.15) is 0 Å². The Morgan fingerprint density at radius 2 is 1.40 bits per heavy atom. The van der Waals surface area contributed by atoms with Crippen LogP contribution >= 0.6 is 0 Å². The highest BCUT2D eigenvalue weighted by Crippen LogP contribution is 2.39. The van der Waals surface area contributed by atoms with Gasteiger partial charge in [0.25, 0.3) is 10.0 Å². The van der Waals surface area contributed by atoms with Gasteiger partial charge in [0.1, 0.15) is 0 Å². The van der Waals surface area contributed by atoms with Crippen molar-refractivity contribution in [3.8, 4) is 23.0 Å². The summed E-state index contributed by atoms with van der Waals surface area (Å²) in [4.78, 5) is -0.106. The van der Waals surface area contributed by atoms with Gasteiger partial charge in [-0.25, -0.2) is 12.8 Å². The molecule has 0 aliphatic carbocycles. The summed E-state index contributed by atoms with van der Waals surface area (Å²) < 4.78 is 61.4. The lowest BCUT2D eigenvalue weighted by molar-refractivity contribution is 0.323. The van der Waals surface area contributed by atoms with E-state index in [-0.39, 0.29) is 33.6 Å². The first kappa shape index (κ1) is 18.7. The summed E-state index contributed by atoms with van der Waals surface area (Å²) in [7, 11) is 1.48. The highest BCUT2D eigenvalue weighted by molar-refractivity contribution is 7.92. The quantitative estimate of drug-likeness (QED) is 0.806. The predicted molar refractivity (Wildman–Crippen MR) is 89.9 cm³/mol. The minimum absolute atomic E-state index is 0.0786. The van der Waals surface area contributed by atoms with Crippen LogP contribution in [0.15, 0.2) is 35.2 Å². The highest BCUT2D eigenvalue weighted by atomic mass is 32.2. The molecule has 0 saturated heterocycles. The van der Waals surface area contributed by atoms with Gasteiger partial charge >= 0.3 is 0 Å². The van der Waals surface area contributed by atoms with Gasteiger partial charge in [-0.1, -0.05) is 0 Å². The van der Waals surface area contributed by atoms with E-state index in [1.54, 1.807) is 0 Å². The summed E-state index contributed by atoms with van der Waals surface area (Å²) in [5, 5.41) is 0. The Morgan fingerprint density at radius 3 is 1.88 bits per heavy atom. The average Bonchev–Trinajstić information content (AvgIpc) is 2.61. The summed E-state index contributed by atoms with van der Waals surface area (Å²) >= 11 is 0. The molecule has 0 spiro atoms. The molecule has 9 heteroatoms. The maximum atomic E-state index is 13.5. The molecule has 1 N–H and O–H groups in total. The highest BCUT2D eigenvalue weighted by Gasteiger charge is 2.22. The molecule has 7 nitrogen and oxygen atoms in total. The van der Waals surface area contributed by atoms with Crippen LogP contribution < -0.4 is 23.7 Å². The molecule has 0 saturated carbocycles. The van der Waals surface area contributed by atoms with E-state index in [9.17, 15) is 12.8 Å². The van der Waals surface area contributed by atoms with Crippen molar-refractivity contribution in [2.24, 2.45) is 0 Å². The molecule has 0 unspecified atom stereocenters. The van der Waals surface area contributed by atoms with Crippen molar-refractivity contribution in [1.82, 2.24) is 0 Å². The number of hydrogen-bond donors (Lipinski definition) is 1. The zero-order valence-electron chi connectivity index (χ0n) is 14.1. The van der Waals surface area contributed by atoms with E-state index < -0.39 is 15.8 Å². The molecule has 0 aliphatic heterocycles. The minimum atomic E-state index is -3.98. The molecule has 0 aromatic heterocycles. The van der Waals surface area contributed by atoms with Gasteiger partial charge in [0.05, 0.1) is 39.0 Å². The number of nitrogens with one attached hydrogen (secondary N) is 1. The third kappa shape index (κ3) is 3.87. The molecule has 0 bridgehead atoms. The van der Waals surface area contributed by atoms with E-state index in [1.807, 2.05) is 0 Å². The zero-order valence-corrected chi connectivity index (χ0v) is 14.9. The second-order valence-electron chi connectivity index (χ2n) is 4.82. The topological polar surface area (TPSA) is 83.1 Å². The Hall–Kier alpha value is -2.68. The second kappa shape index (κ2) is 7.47. The summed E-state index contributed by atoms with van der Waals surface area (Å²) in [5.74, 6) is -0.0199. The van der Waals surface area contributed by atoms with Crippen LogP contribution in [0.4, 0.5) is 10.1 Å². The fourth-order valence-electron chi connectivity index (χ4n) is 2.15. The number of anilines is 1. The summed E-state index contributed by atoms with van der Waals surface area (Å²) in [5.41, 5.74) is 0.145. The van der Waals surface area contributed by atoms with Crippen molar-refractivity contribution >= 4 is 15.7 Å². The first-order valence-corrected chi connectivity index (χ1v) is 8.51. The molecule has 2 aromatic rings. The molecule has 0 amide bonds. The number of ether oxygens (including phenoxy) is 4. The number of methoxy groups -OCH3 is 4. The lowest BCUT2D eigenvalue weighted by Crippen LogP contribution is -2.13. The molecule has 0 heterocycles. The Bertz CT molecular complexity index is 844. The number of hydrogen-bond acceptors (Lipinski definition) is 6. The molecular formula is C16H18FNO6S. The van der Waals surface area contributed by atoms with Crippen LogP contribution in [0.5, 0.6) is 23.0 Å². The first-order chi connectivity index (χ1) is 11.9. The summed E-state index contributed by atoms with van der Waals surface area (Å²) in [6, 6.07) is 6.22. The number of sulfonamides is 1. The van der Waals surface area contributed by atoms with Gasteiger partial charge in [0.2, 0.25) is 5.75 Å². The van der Waals surface area contributed by atoms with Crippen molar-refractivity contribution < 1.29 is 31.8 Å². The Balaban J connectivity index is 2.46. The summed E-state index contributed by atoms with van der Waals surface area (Å²) in [6.45, 7) is 0. The molecule has 0 fully saturated rings. The molecule has 0 aliphatic rings. The molecule has 0 radical (unpaired) electrons. The fraction of sp³-hybridized carbons (Fsp3) is 0.250. The van der Waals surface area contributed by atoms with Crippen molar-refractivity contribution in [1.29, 1.82) is 0 Å². The molecular weight excluding hydrogens is 353 g/mol. The van der Waals surface area contributed by atoms with E-state index in [1.165, 1.54) is 52.7 Å². The lowest BCUT2D eigenvalue weighted by atomic mass is 10.3. The fourth-order valence-corrected chi connectivity index (χ4v) is 3.23. The number of halogens is 1. The maximum Gasteiger partial charge on any atom is 0.262 e. The average molecular weight is 371 g/mol. The van der Waals surface area contributed by atoms with Gasteiger partial charge in [-0.15, -0.1) is 0 Å². The molecule has 2 aromatic carbocycles. The van der Waals surface area contributed by atoms with Gasteiger partial charge in [-0.3, -0.25) is 4.72 Å². The van der Waals surface area contributed by atoms with Crippen LogP contribution in [-0.2, 0) is 10.0 Å². The Morgan fingerprint density at radius 1 is 0.840 bits per heavy atom. The van der Waals surface area contributed by atoms with Crippen molar-refractivity contribution in [2.45, 2.75) is 4.90 Å². The van der Waals surface area contributed by atoms with E-state index in [2.05, 4.69) is 4.72 Å². The molecule has 0 atom stereocenters. The SMILES string of the molecule is COc1cc(NS(=O)(=O)c2cc(OC)c(OC)c(OC)c2)ccc1F. The monoisotopic (exact) mass is 371 g/mol. The first-order valence-electron chi connectivity index (χ1n) is 7.02. The predicted octanol–water partition coefficient (Wildman–Crippen LogP) is 2.66. The van der Waals surface area contributed by atoms with Gasteiger partial charge in [-0.2, -0.15) is 0 Å². The Kier molecular flexibility index (Phi) is 5.58. The van der Waals surface area contributed by atoms with Gasteiger partial charge < -0.3 is 18.9 Å². The maximum absolute atomic E-state index is 13.5. The molecule has 2 rings (SSSR count). The van der Waals surface area contributed by atoms with Crippen LogP contribution in [0.2, 0.25) is 0 Å². The Labute approximate surface area is 145 Å². The van der Waals surface area contributed by atoms with E-state index in [4.69, 9.17) is 18.9 Å². The minimum Gasteiger partial charge on any atom is -0.494 e. The normalized spacial score (nSPS) is 10.9.